The monoisotopic (exact) mass is 300 g/mol. The lowest BCUT2D eigenvalue weighted by Gasteiger charge is -2.03. The zero-order chi connectivity index (χ0) is 15.8. The van der Waals surface area contributed by atoms with Crippen molar-refractivity contribution in [1.82, 2.24) is 0 Å². The van der Waals surface area contributed by atoms with Gasteiger partial charge in [-0.3, -0.25) is 0 Å². The summed E-state index contributed by atoms with van der Waals surface area (Å²) in [6.07, 6.45) is 3.40. The van der Waals surface area contributed by atoms with Crippen LogP contribution in [0.2, 0.25) is 0 Å². The highest BCUT2D eigenvalue weighted by atomic mass is 19.3. The molecule has 22 heavy (non-hydrogen) atoms. The lowest BCUT2D eigenvalue weighted by atomic mass is 10.1. The number of alkyl halides is 2. The maximum absolute atomic E-state index is 12.1. The zero-order valence-electron chi connectivity index (χ0n) is 12.5. The fraction of sp³-hybridized carbons (Fsp3) is 0.263. The third kappa shape index (κ3) is 5.21. The molecule has 0 unspecified atom stereocenters. The number of ether oxygens (including phenoxy) is 1. The van der Waals surface area contributed by atoms with Gasteiger partial charge in [0.15, 0.2) is 0 Å². The lowest BCUT2D eigenvalue weighted by Crippen LogP contribution is -2.01. The molecule has 0 saturated heterocycles. The molecule has 0 aliphatic heterocycles. The molecular formula is C19H18F2O. The Morgan fingerprint density at radius 1 is 1.00 bits per heavy atom. The van der Waals surface area contributed by atoms with Crippen LogP contribution < -0.4 is 4.74 Å². The van der Waals surface area contributed by atoms with Crippen LogP contribution in [0.1, 0.15) is 36.5 Å². The zero-order valence-corrected chi connectivity index (χ0v) is 12.5. The van der Waals surface area contributed by atoms with Crippen molar-refractivity contribution in [2.24, 2.45) is 0 Å². The molecule has 2 rings (SSSR count). The standard InChI is InChI=1S/C19H18F2O/c1-2-3-5-16-6-4-7-17(14-16)9-8-15-10-12-18(13-11-15)22-19(20)21/h4,6-7,10-14,19H,2-3,5H2,1H3. The summed E-state index contributed by atoms with van der Waals surface area (Å²) in [5, 5.41) is 0. The SMILES string of the molecule is CCCCc1cccc(C#Cc2ccc(OC(F)F)cc2)c1. The number of benzene rings is 2. The number of unbranched alkanes of at least 4 members (excludes halogenated alkanes) is 1. The molecule has 2 aromatic carbocycles. The van der Waals surface area contributed by atoms with E-state index in [4.69, 9.17) is 0 Å². The van der Waals surface area contributed by atoms with E-state index in [0.29, 0.717) is 0 Å². The average molecular weight is 300 g/mol. The van der Waals surface area contributed by atoms with Gasteiger partial charge in [0.05, 0.1) is 0 Å². The molecule has 0 amide bonds. The summed E-state index contributed by atoms with van der Waals surface area (Å²) in [5.41, 5.74) is 3.01. The van der Waals surface area contributed by atoms with Crippen molar-refractivity contribution < 1.29 is 13.5 Å². The molecule has 0 aromatic heterocycles. The Bertz CT molecular complexity index is 651. The van der Waals surface area contributed by atoms with E-state index >= 15 is 0 Å². The minimum absolute atomic E-state index is 0.141. The second kappa shape index (κ2) is 8.19. The molecule has 0 saturated carbocycles. The Hall–Kier alpha value is -2.34. The molecule has 114 valence electrons. The Labute approximate surface area is 129 Å². The van der Waals surface area contributed by atoms with Crippen LogP contribution in [0.3, 0.4) is 0 Å². The normalized spacial score (nSPS) is 10.2. The largest absolute Gasteiger partial charge is 0.435 e. The van der Waals surface area contributed by atoms with E-state index in [9.17, 15) is 8.78 Å². The van der Waals surface area contributed by atoms with Gasteiger partial charge in [-0.25, -0.2) is 0 Å². The summed E-state index contributed by atoms with van der Waals surface area (Å²) >= 11 is 0. The molecule has 0 fully saturated rings. The third-order valence-electron chi connectivity index (χ3n) is 3.18. The van der Waals surface area contributed by atoms with Gasteiger partial charge in [0.2, 0.25) is 0 Å². The van der Waals surface area contributed by atoms with Gasteiger partial charge < -0.3 is 4.74 Å². The maximum atomic E-state index is 12.1. The second-order valence-corrected chi connectivity index (χ2v) is 4.96. The molecule has 0 spiro atoms. The number of hydrogen-bond acceptors (Lipinski definition) is 1. The Morgan fingerprint density at radius 3 is 2.41 bits per heavy atom. The fourth-order valence-electron chi connectivity index (χ4n) is 2.05. The predicted octanol–water partition coefficient (Wildman–Crippen LogP) is 5.03. The van der Waals surface area contributed by atoms with Crippen molar-refractivity contribution in [1.29, 1.82) is 0 Å². The van der Waals surface area contributed by atoms with Crippen LogP contribution in [-0.2, 0) is 6.42 Å². The molecular weight excluding hydrogens is 282 g/mol. The van der Waals surface area contributed by atoms with Gasteiger partial charge in [-0.15, -0.1) is 0 Å². The van der Waals surface area contributed by atoms with Crippen LogP contribution in [0.15, 0.2) is 48.5 Å². The highest BCUT2D eigenvalue weighted by molar-refractivity contribution is 5.45. The van der Waals surface area contributed by atoms with Gasteiger partial charge >= 0.3 is 6.61 Å². The highest BCUT2D eigenvalue weighted by Gasteiger charge is 2.02. The second-order valence-electron chi connectivity index (χ2n) is 4.96. The molecule has 1 nitrogen and oxygen atoms in total. The summed E-state index contributed by atoms with van der Waals surface area (Å²) in [6.45, 7) is -0.631. The van der Waals surface area contributed by atoms with Gasteiger partial charge in [-0.1, -0.05) is 37.3 Å². The molecule has 0 heterocycles. The molecule has 3 heteroatoms. The van der Waals surface area contributed by atoms with Crippen LogP contribution in [0.4, 0.5) is 8.78 Å². The summed E-state index contributed by atoms with van der Waals surface area (Å²) in [4.78, 5) is 0. The minimum atomic E-state index is -2.80. The molecule has 0 radical (unpaired) electrons. The third-order valence-corrected chi connectivity index (χ3v) is 3.18. The van der Waals surface area contributed by atoms with Crippen molar-refractivity contribution >= 4 is 0 Å². The molecule has 0 atom stereocenters. The van der Waals surface area contributed by atoms with E-state index in [1.807, 2.05) is 12.1 Å². The van der Waals surface area contributed by atoms with Crippen LogP contribution in [0, 0.1) is 11.8 Å². The van der Waals surface area contributed by atoms with E-state index in [-0.39, 0.29) is 5.75 Å². The Morgan fingerprint density at radius 2 is 1.73 bits per heavy atom. The molecule has 0 aliphatic carbocycles. The van der Waals surface area contributed by atoms with E-state index < -0.39 is 6.61 Å². The van der Waals surface area contributed by atoms with Gasteiger partial charge in [-0.05, 0) is 54.8 Å². The van der Waals surface area contributed by atoms with Gasteiger partial charge in [0.25, 0.3) is 0 Å². The van der Waals surface area contributed by atoms with Gasteiger partial charge in [-0.2, -0.15) is 8.78 Å². The van der Waals surface area contributed by atoms with E-state index in [1.165, 1.54) is 30.5 Å². The topological polar surface area (TPSA) is 9.23 Å². The summed E-state index contributed by atoms with van der Waals surface area (Å²) < 4.78 is 28.4. The summed E-state index contributed by atoms with van der Waals surface area (Å²) in [5.74, 6) is 6.27. The first-order valence-corrected chi connectivity index (χ1v) is 7.33. The number of hydrogen-bond donors (Lipinski definition) is 0. The Balaban J connectivity index is 2.06. The average Bonchev–Trinajstić information content (AvgIpc) is 2.52. The van der Waals surface area contributed by atoms with Crippen molar-refractivity contribution in [3.63, 3.8) is 0 Å². The van der Waals surface area contributed by atoms with Gasteiger partial charge in [0.1, 0.15) is 5.75 Å². The molecule has 2 aromatic rings. The maximum Gasteiger partial charge on any atom is 0.387 e. The lowest BCUT2D eigenvalue weighted by molar-refractivity contribution is -0.0498. The molecule has 0 aliphatic rings. The molecule has 0 N–H and O–H groups in total. The van der Waals surface area contributed by atoms with Crippen LogP contribution in [0.25, 0.3) is 0 Å². The quantitative estimate of drug-likeness (QED) is 0.704. The number of rotatable bonds is 5. The first-order chi connectivity index (χ1) is 10.7. The van der Waals surface area contributed by atoms with E-state index in [1.54, 1.807) is 12.1 Å². The van der Waals surface area contributed by atoms with Crippen molar-refractivity contribution in [2.75, 3.05) is 0 Å². The van der Waals surface area contributed by atoms with Crippen LogP contribution in [-0.4, -0.2) is 6.61 Å². The van der Waals surface area contributed by atoms with Crippen molar-refractivity contribution in [3.05, 3.63) is 65.2 Å². The summed E-state index contributed by atoms with van der Waals surface area (Å²) in [7, 11) is 0. The number of halogens is 2. The van der Waals surface area contributed by atoms with Gasteiger partial charge in [0, 0.05) is 11.1 Å². The first-order valence-electron chi connectivity index (χ1n) is 7.33. The number of aryl methyl sites for hydroxylation is 1. The smallest absolute Gasteiger partial charge is 0.387 e. The van der Waals surface area contributed by atoms with Crippen molar-refractivity contribution in [3.8, 4) is 17.6 Å². The van der Waals surface area contributed by atoms with E-state index in [2.05, 4.69) is 35.6 Å². The van der Waals surface area contributed by atoms with E-state index in [0.717, 1.165) is 17.5 Å². The van der Waals surface area contributed by atoms with Crippen LogP contribution in [0.5, 0.6) is 5.75 Å². The molecule has 0 bridgehead atoms. The highest BCUT2D eigenvalue weighted by Crippen LogP contribution is 2.14. The van der Waals surface area contributed by atoms with Crippen LogP contribution >= 0.6 is 0 Å². The first kappa shape index (κ1) is 16.0. The summed E-state index contributed by atoms with van der Waals surface area (Å²) in [6, 6.07) is 14.5. The minimum Gasteiger partial charge on any atom is -0.435 e. The fourth-order valence-corrected chi connectivity index (χ4v) is 2.05. The predicted molar refractivity (Wildman–Crippen MR) is 84.1 cm³/mol. The van der Waals surface area contributed by atoms with Crippen molar-refractivity contribution in [2.45, 2.75) is 32.8 Å². The Kier molecular flexibility index (Phi) is 5.97.